The molecular formula is C12H13ClN2O4. The van der Waals surface area contributed by atoms with Gasteiger partial charge in [-0.05, 0) is 6.92 Å². The van der Waals surface area contributed by atoms with Crippen LogP contribution in [0.25, 0.3) is 0 Å². The van der Waals surface area contributed by atoms with Crippen molar-refractivity contribution in [1.29, 1.82) is 0 Å². The molecule has 1 aliphatic heterocycles. The summed E-state index contributed by atoms with van der Waals surface area (Å²) < 4.78 is 9.54. The van der Waals surface area contributed by atoms with Crippen molar-refractivity contribution >= 4 is 23.7 Å². The molecule has 1 aromatic heterocycles. The second kappa shape index (κ2) is 5.44. The Morgan fingerprint density at radius 1 is 1.47 bits per heavy atom. The highest BCUT2D eigenvalue weighted by Gasteiger charge is 2.29. The minimum atomic E-state index is -0.515. The summed E-state index contributed by atoms with van der Waals surface area (Å²) in [6.45, 7) is 2.58. The maximum atomic E-state index is 11.7. The van der Waals surface area contributed by atoms with Crippen molar-refractivity contribution in [2.45, 2.75) is 20.0 Å². The number of nitrogens with zero attached hydrogens (tertiary/aromatic N) is 2. The lowest BCUT2D eigenvalue weighted by molar-refractivity contribution is 0.0526. The number of ether oxygens (including phenoxy) is 2. The van der Waals surface area contributed by atoms with Gasteiger partial charge in [-0.25, -0.2) is 9.59 Å². The van der Waals surface area contributed by atoms with Crippen LogP contribution in [0.15, 0.2) is 6.20 Å². The number of carbonyl (C=O) groups is 2. The van der Waals surface area contributed by atoms with Crippen molar-refractivity contribution in [2.75, 3.05) is 13.7 Å². The van der Waals surface area contributed by atoms with Gasteiger partial charge in [-0.2, -0.15) is 0 Å². The van der Waals surface area contributed by atoms with Crippen LogP contribution in [-0.2, 0) is 22.6 Å². The second-order valence-corrected chi connectivity index (χ2v) is 4.34. The van der Waals surface area contributed by atoms with Gasteiger partial charge in [0.15, 0.2) is 0 Å². The molecule has 1 aliphatic rings. The summed E-state index contributed by atoms with van der Waals surface area (Å²) in [6.07, 6.45) is 0.923. The Morgan fingerprint density at radius 2 is 2.21 bits per heavy atom. The third-order valence-corrected chi connectivity index (χ3v) is 3.25. The lowest BCUT2D eigenvalue weighted by atomic mass is 10.1. The fourth-order valence-corrected chi connectivity index (χ4v) is 2.19. The highest BCUT2D eigenvalue weighted by atomic mass is 35.5. The highest BCUT2D eigenvalue weighted by molar-refractivity contribution is 6.34. The average Bonchev–Trinajstić information content (AvgIpc) is 2.83. The molecule has 2 heterocycles. The fourth-order valence-electron chi connectivity index (χ4n) is 1.90. The molecule has 0 saturated heterocycles. The quantitative estimate of drug-likeness (QED) is 0.777. The Hall–Kier alpha value is -1.82. The molecule has 0 bridgehead atoms. The van der Waals surface area contributed by atoms with E-state index < -0.39 is 12.1 Å². The summed E-state index contributed by atoms with van der Waals surface area (Å²) >= 11 is 6.18. The van der Waals surface area contributed by atoms with Gasteiger partial charge in [0.25, 0.3) is 0 Å². The molecule has 0 saturated carbocycles. The lowest BCUT2D eigenvalue weighted by Crippen LogP contribution is -2.24. The number of fused-ring (bicyclic) bond motifs is 1. The largest absolute Gasteiger partial charge is 0.462 e. The van der Waals surface area contributed by atoms with Crippen LogP contribution in [0.2, 0.25) is 5.02 Å². The number of rotatable bonds is 2. The van der Waals surface area contributed by atoms with Crippen molar-refractivity contribution in [2.24, 2.45) is 0 Å². The predicted molar refractivity (Wildman–Crippen MR) is 66.9 cm³/mol. The monoisotopic (exact) mass is 284 g/mol. The number of amides is 1. The van der Waals surface area contributed by atoms with E-state index in [0.717, 1.165) is 0 Å². The molecule has 6 nitrogen and oxygen atoms in total. The van der Waals surface area contributed by atoms with E-state index in [0.29, 0.717) is 17.8 Å². The number of aromatic nitrogens is 1. The van der Waals surface area contributed by atoms with Crippen molar-refractivity contribution < 1.29 is 19.1 Å². The minimum absolute atomic E-state index is 0.217. The summed E-state index contributed by atoms with van der Waals surface area (Å²) in [7, 11) is 1.31. The Labute approximate surface area is 115 Å². The number of hydrogen-bond acceptors (Lipinski definition) is 5. The van der Waals surface area contributed by atoms with E-state index in [2.05, 4.69) is 9.72 Å². The molecule has 0 N–H and O–H groups in total. The summed E-state index contributed by atoms with van der Waals surface area (Å²) in [4.78, 5) is 28.8. The van der Waals surface area contributed by atoms with Gasteiger partial charge in [0.05, 0.1) is 43.1 Å². The van der Waals surface area contributed by atoms with Crippen molar-refractivity contribution in [3.05, 3.63) is 28.0 Å². The van der Waals surface area contributed by atoms with Gasteiger partial charge in [-0.3, -0.25) is 9.88 Å². The van der Waals surface area contributed by atoms with Crippen LogP contribution in [0.5, 0.6) is 0 Å². The number of esters is 1. The predicted octanol–water partition coefficient (Wildman–Crippen LogP) is 1.99. The van der Waals surface area contributed by atoms with E-state index in [1.165, 1.54) is 18.2 Å². The maximum absolute atomic E-state index is 11.7. The van der Waals surface area contributed by atoms with Crippen LogP contribution >= 0.6 is 11.6 Å². The van der Waals surface area contributed by atoms with Crippen LogP contribution in [0.1, 0.15) is 28.5 Å². The fraction of sp³-hybridized carbons (Fsp3) is 0.417. The molecule has 1 aromatic rings. The second-order valence-electron chi connectivity index (χ2n) is 3.96. The Bertz CT molecular complexity index is 533. The Balaban J connectivity index is 2.29. The smallest absolute Gasteiger partial charge is 0.410 e. The van der Waals surface area contributed by atoms with Crippen molar-refractivity contribution in [1.82, 2.24) is 9.88 Å². The highest BCUT2D eigenvalue weighted by Crippen LogP contribution is 2.30. The minimum Gasteiger partial charge on any atom is -0.462 e. The molecular weight excluding hydrogens is 272 g/mol. The lowest BCUT2D eigenvalue weighted by Gasteiger charge is -2.12. The number of halogens is 1. The first-order valence-corrected chi connectivity index (χ1v) is 6.12. The van der Waals surface area contributed by atoms with E-state index in [1.54, 1.807) is 6.92 Å². The molecule has 0 radical (unpaired) electrons. The van der Waals surface area contributed by atoms with Crippen LogP contribution in [0, 0.1) is 0 Å². The van der Waals surface area contributed by atoms with E-state index in [1.807, 2.05) is 0 Å². The third kappa shape index (κ3) is 2.49. The van der Waals surface area contributed by atoms with Gasteiger partial charge in [-0.1, -0.05) is 11.6 Å². The molecule has 0 aliphatic carbocycles. The van der Waals surface area contributed by atoms with E-state index >= 15 is 0 Å². The number of hydrogen-bond donors (Lipinski definition) is 0. The van der Waals surface area contributed by atoms with Gasteiger partial charge in [-0.15, -0.1) is 0 Å². The zero-order valence-corrected chi connectivity index (χ0v) is 11.4. The number of methoxy groups -OCH3 is 1. The first-order valence-electron chi connectivity index (χ1n) is 5.74. The topological polar surface area (TPSA) is 68.7 Å². The van der Waals surface area contributed by atoms with Gasteiger partial charge < -0.3 is 9.47 Å². The normalized spacial score (nSPS) is 13.1. The molecule has 0 unspecified atom stereocenters. The van der Waals surface area contributed by atoms with E-state index in [4.69, 9.17) is 16.3 Å². The Morgan fingerprint density at radius 3 is 2.84 bits per heavy atom. The molecule has 102 valence electrons. The summed E-state index contributed by atoms with van der Waals surface area (Å²) in [6, 6.07) is 0. The first-order chi connectivity index (χ1) is 9.08. The molecule has 19 heavy (non-hydrogen) atoms. The summed E-state index contributed by atoms with van der Waals surface area (Å²) in [5, 5.41) is 0.287. The standard InChI is InChI=1S/C12H13ClN2O4/c1-3-19-11(16)7-4-14-9-6-15(12(17)18-2)5-8(9)10(7)13/h4H,3,5-6H2,1-2H3. The summed E-state index contributed by atoms with van der Waals surface area (Å²) in [5.74, 6) is -0.515. The van der Waals surface area contributed by atoms with Crippen molar-refractivity contribution in [3.8, 4) is 0 Å². The van der Waals surface area contributed by atoms with Crippen LogP contribution < -0.4 is 0 Å². The zero-order chi connectivity index (χ0) is 14.0. The SMILES string of the molecule is CCOC(=O)c1cnc2c(c1Cl)CN(C(=O)OC)C2. The average molecular weight is 285 g/mol. The molecule has 0 aromatic carbocycles. The van der Waals surface area contributed by atoms with Crippen molar-refractivity contribution in [3.63, 3.8) is 0 Å². The van der Waals surface area contributed by atoms with Crippen LogP contribution in [0.3, 0.4) is 0 Å². The first kappa shape index (κ1) is 13.6. The van der Waals surface area contributed by atoms with Crippen LogP contribution in [0.4, 0.5) is 4.79 Å². The number of pyridine rings is 1. The van der Waals surface area contributed by atoms with Gasteiger partial charge >= 0.3 is 12.1 Å². The molecule has 0 fully saturated rings. The third-order valence-electron chi connectivity index (χ3n) is 2.82. The molecule has 7 heteroatoms. The zero-order valence-electron chi connectivity index (χ0n) is 10.6. The Kier molecular flexibility index (Phi) is 3.90. The van der Waals surface area contributed by atoms with Gasteiger partial charge in [0.2, 0.25) is 0 Å². The van der Waals surface area contributed by atoms with E-state index in [9.17, 15) is 9.59 Å². The number of carbonyl (C=O) groups excluding carboxylic acids is 2. The van der Waals surface area contributed by atoms with Gasteiger partial charge in [0, 0.05) is 11.8 Å². The maximum Gasteiger partial charge on any atom is 0.410 e. The molecule has 0 spiro atoms. The molecule has 1 amide bonds. The molecule has 0 atom stereocenters. The van der Waals surface area contributed by atoms with Gasteiger partial charge in [0.1, 0.15) is 0 Å². The summed E-state index contributed by atoms with van der Waals surface area (Å²) in [5.41, 5.74) is 1.55. The van der Waals surface area contributed by atoms with E-state index in [-0.39, 0.29) is 23.7 Å². The van der Waals surface area contributed by atoms with Crippen LogP contribution in [-0.4, -0.2) is 35.7 Å². The molecule has 2 rings (SSSR count).